The average molecular weight is 380 g/mol. The van der Waals surface area contributed by atoms with Gasteiger partial charge in [-0.25, -0.2) is 14.4 Å². The lowest BCUT2D eigenvalue weighted by atomic mass is 9.98. The van der Waals surface area contributed by atoms with Crippen LogP contribution >= 0.6 is 0 Å². The molecular formula is C21H32O6. The monoisotopic (exact) mass is 380 g/mol. The third kappa shape index (κ3) is 11.8. The van der Waals surface area contributed by atoms with E-state index in [1.54, 1.807) is 6.92 Å². The summed E-state index contributed by atoms with van der Waals surface area (Å²) < 4.78 is 10.1. The lowest BCUT2D eigenvalue weighted by Crippen LogP contribution is -2.20. The number of carbonyl (C=O) groups excluding carboxylic acids is 2. The maximum Gasteiger partial charge on any atom is 0.337 e. The molecule has 152 valence electrons. The number of unbranched alkanes of at least 4 members (excludes halogenated alkanes) is 1. The minimum atomic E-state index is -1.07. The molecule has 0 bridgehead atoms. The maximum atomic E-state index is 11.2. The van der Waals surface area contributed by atoms with Gasteiger partial charge in [-0.2, -0.15) is 0 Å². The van der Waals surface area contributed by atoms with Crippen LogP contribution in [0.5, 0.6) is 0 Å². The van der Waals surface area contributed by atoms with Crippen LogP contribution in [-0.2, 0) is 23.9 Å². The number of hydrogen-bond donors (Lipinski definition) is 1. The fourth-order valence-electron chi connectivity index (χ4n) is 2.22. The molecule has 6 heteroatoms. The van der Waals surface area contributed by atoms with Crippen LogP contribution in [0.1, 0.15) is 65.7 Å². The van der Waals surface area contributed by atoms with E-state index in [0.29, 0.717) is 12.2 Å². The molecule has 0 amide bonds. The summed E-state index contributed by atoms with van der Waals surface area (Å²) >= 11 is 0. The van der Waals surface area contributed by atoms with Crippen molar-refractivity contribution < 1.29 is 29.0 Å². The van der Waals surface area contributed by atoms with Crippen molar-refractivity contribution in [3.8, 4) is 0 Å². The Morgan fingerprint density at radius 2 is 1.67 bits per heavy atom. The van der Waals surface area contributed by atoms with Gasteiger partial charge in [-0.1, -0.05) is 32.9 Å². The highest BCUT2D eigenvalue weighted by Crippen LogP contribution is 2.20. The van der Waals surface area contributed by atoms with Crippen molar-refractivity contribution in [2.24, 2.45) is 0 Å². The van der Waals surface area contributed by atoms with Crippen LogP contribution in [0.2, 0.25) is 0 Å². The molecule has 1 saturated carbocycles. The van der Waals surface area contributed by atoms with E-state index in [4.69, 9.17) is 14.6 Å². The number of rotatable bonds is 8. The first kappa shape index (κ1) is 24.6. The molecule has 0 heterocycles. The summed E-state index contributed by atoms with van der Waals surface area (Å²) in [5.74, 6) is -1.87. The van der Waals surface area contributed by atoms with E-state index in [9.17, 15) is 14.4 Å². The van der Waals surface area contributed by atoms with Crippen molar-refractivity contribution in [2.75, 3.05) is 6.61 Å². The third-order valence-corrected chi connectivity index (χ3v) is 3.90. The van der Waals surface area contributed by atoms with Crippen molar-refractivity contribution in [1.29, 1.82) is 0 Å². The second-order valence-electron chi connectivity index (χ2n) is 6.59. The molecule has 0 atom stereocenters. The first-order chi connectivity index (χ1) is 12.7. The zero-order chi connectivity index (χ0) is 20.8. The van der Waals surface area contributed by atoms with Gasteiger partial charge in [0, 0.05) is 11.1 Å². The Bertz CT molecular complexity index is 567. The molecule has 0 unspecified atom stereocenters. The molecule has 6 nitrogen and oxygen atoms in total. The largest absolute Gasteiger partial charge is 0.478 e. The van der Waals surface area contributed by atoms with Gasteiger partial charge in [0.05, 0.1) is 12.2 Å². The zero-order valence-corrected chi connectivity index (χ0v) is 16.7. The molecule has 0 aliphatic heterocycles. The highest BCUT2D eigenvalue weighted by Gasteiger charge is 2.17. The van der Waals surface area contributed by atoms with Crippen molar-refractivity contribution in [3.63, 3.8) is 0 Å². The maximum absolute atomic E-state index is 11.2. The van der Waals surface area contributed by atoms with Gasteiger partial charge in [-0.05, 0) is 52.0 Å². The number of carboxylic acids is 1. The fourth-order valence-corrected chi connectivity index (χ4v) is 2.22. The van der Waals surface area contributed by atoms with Crippen LogP contribution in [-0.4, -0.2) is 35.7 Å². The molecule has 0 radical (unpaired) electrons. The summed E-state index contributed by atoms with van der Waals surface area (Å²) in [6.45, 7) is 12.4. The van der Waals surface area contributed by atoms with Gasteiger partial charge in [-0.15, -0.1) is 0 Å². The average Bonchev–Trinajstić information content (AvgIpc) is 2.62. The van der Waals surface area contributed by atoms with Gasteiger partial charge < -0.3 is 14.6 Å². The Hall–Kier alpha value is -2.37. The molecule has 0 aromatic carbocycles. The molecule has 0 spiro atoms. The second-order valence-corrected chi connectivity index (χ2v) is 6.59. The molecular weight excluding hydrogens is 348 g/mol. The number of carbonyl (C=O) groups is 3. The summed E-state index contributed by atoms with van der Waals surface area (Å²) in [7, 11) is 0. The molecule has 0 saturated heterocycles. The summed E-state index contributed by atoms with van der Waals surface area (Å²) in [4.78, 5) is 32.8. The molecule has 1 rings (SSSR count). The second kappa shape index (κ2) is 13.8. The van der Waals surface area contributed by atoms with E-state index in [1.807, 2.05) is 6.92 Å². The first-order valence-corrected chi connectivity index (χ1v) is 9.33. The summed E-state index contributed by atoms with van der Waals surface area (Å²) in [5, 5.41) is 8.57. The van der Waals surface area contributed by atoms with Crippen molar-refractivity contribution in [2.45, 2.75) is 71.8 Å². The van der Waals surface area contributed by atoms with E-state index in [1.165, 1.54) is 32.3 Å². The molecule has 27 heavy (non-hydrogen) atoms. The molecule has 0 aromatic rings. The van der Waals surface area contributed by atoms with Crippen LogP contribution < -0.4 is 0 Å². The molecule has 0 aromatic heterocycles. The van der Waals surface area contributed by atoms with Crippen LogP contribution in [0.3, 0.4) is 0 Å². The number of esters is 2. The van der Waals surface area contributed by atoms with Crippen molar-refractivity contribution in [3.05, 3.63) is 36.0 Å². The minimum absolute atomic E-state index is 0.0611. The first-order valence-electron chi connectivity index (χ1n) is 9.33. The van der Waals surface area contributed by atoms with Crippen LogP contribution in [0, 0.1) is 0 Å². The number of carboxylic acid groups (broad SMARTS) is 1. The number of aliphatic carboxylic acids is 1. The number of ether oxygens (including phenoxy) is 2. The topological polar surface area (TPSA) is 89.9 Å². The normalized spacial score (nSPS) is 14.4. The summed E-state index contributed by atoms with van der Waals surface area (Å²) in [6, 6.07) is 0. The van der Waals surface area contributed by atoms with Crippen LogP contribution in [0.15, 0.2) is 36.0 Å². The van der Waals surface area contributed by atoms with Gasteiger partial charge in [0.1, 0.15) is 6.10 Å². The Kier molecular flexibility index (Phi) is 12.6. The van der Waals surface area contributed by atoms with E-state index in [-0.39, 0.29) is 23.2 Å². The van der Waals surface area contributed by atoms with E-state index < -0.39 is 11.9 Å². The van der Waals surface area contributed by atoms with Crippen LogP contribution in [0.25, 0.3) is 0 Å². The Balaban J connectivity index is 0.000000511. The quantitative estimate of drug-likeness (QED) is 0.291. The van der Waals surface area contributed by atoms with Crippen LogP contribution in [0.4, 0.5) is 0 Å². The summed E-state index contributed by atoms with van der Waals surface area (Å²) in [6.07, 6.45) is 8.80. The highest BCUT2D eigenvalue weighted by atomic mass is 16.5. The lowest BCUT2D eigenvalue weighted by molar-refractivity contribution is -0.145. The van der Waals surface area contributed by atoms with E-state index in [2.05, 4.69) is 13.2 Å². The Morgan fingerprint density at radius 3 is 2.15 bits per heavy atom. The van der Waals surface area contributed by atoms with Gasteiger partial charge in [0.2, 0.25) is 0 Å². The van der Waals surface area contributed by atoms with Gasteiger partial charge >= 0.3 is 17.9 Å². The molecule has 1 aliphatic carbocycles. The highest BCUT2D eigenvalue weighted by molar-refractivity contribution is 5.94. The Labute approximate surface area is 161 Å². The third-order valence-electron chi connectivity index (χ3n) is 3.90. The lowest BCUT2D eigenvalue weighted by Gasteiger charge is -2.21. The summed E-state index contributed by atoms with van der Waals surface area (Å²) in [5.41, 5.74) is 0.624. The zero-order valence-electron chi connectivity index (χ0n) is 16.7. The predicted octanol–water partition coefficient (Wildman–Crippen LogP) is 4.36. The van der Waals surface area contributed by atoms with Crippen molar-refractivity contribution in [1.82, 2.24) is 0 Å². The Morgan fingerprint density at radius 1 is 1.07 bits per heavy atom. The van der Waals surface area contributed by atoms with Gasteiger partial charge in [0.25, 0.3) is 0 Å². The SMILES string of the molecule is C=C(C)C(=O)OC1CCCCC1.C=C(C=C(C)C(=O)O)C(=O)OCCCC. The van der Waals surface area contributed by atoms with Gasteiger partial charge in [-0.3, -0.25) is 0 Å². The smallest absolute Gasteiger partial charge is 0.337 e. The standard InChI is InChI=1S/C11H16O4.C10H16O2/c1-4-5-6-15-11(14)9(3)7-8(2)10(12)13;1-8(2)10(11)12-9-6-4-3-5-7-9/h7H,3-6H2,1-2H3,(H,12,13);9H,1,3-7H2,2H3. The van der Waals surface area contributed by atoms with E-state index in [0.717, 1.165) is 25.7 Å². The van der Waals surface area contributed by atoms with Gasteiger partial charge in [0.15, 0.2) is 0 Å². The number of hydrogen-bond acceptors (Lipinski definition) is 5. The van der Waals surface area contributed by atoms with Crippen molar-refractivity contribution >= 4 is 17.9 Å². The fraction of sp³-hybridized carbons (Fsp3) is 0.571. The molecule has 1 N–H and O–H groups in total. The predicted molar refractivity (Wildman–Crippen MR) is 104 cm³/mol. The minimum Gasteiger partial charge on any atom is -0.478 e. The molecule has 1 fully saturated rings. The molecule has 1 aliphatic rings. The van der Waals surface area contributed by atoms with E-state index >= 15 is 0 Å².